The van der Waals surface area contributed by atoms with Crippen molar-refractivity contribution < 1.29 is 21.2 Å². The van der Waals surface area contributed by atoms with Crippen molar-refractivity contribution in [2.45, 2.75) is 5.75 Å². The van der Waals surface area contributed by atoms with E-state index in [1.54, 1.807) is 0 Å². The third-order valence-electron chi connectivity index (χ3n) is 3.32. The summed E-state index contributed by atoms with van der Waals surface area (Å²) in [6, 6.07) is 5.29. The lowest BCUT2D eigenvalue weighted by Gasteiger charge is -2.32. The molecule has 0 saturated carbocycles. The largest absolute Gasteiger partial charge is 0.218 e. The minimum absolute atomic E-state index is 0.136. The minimum atomic E-state index is -3.53. The Balaban J connectivity index is 2.03. The van der Waals surface area contributed by atoms with Gasteiger partial charge in [-0.15, -0.1) is 0 Å². The second kappa shape index (κ2) is 5.99. The van der Waals surface area contributed by atoms with Crippen LogP contribution in [-0.4, -0.2) is 57.9 Å². The Morgan fingerprint density at radius 1 is 0.952 bits per heavy atom. The summed E-state index contributed by atoms with van der Waals surface area (Å²) in [4.78, 5) is 0. The number of hydrogen-bond acceptors (Lipinski definition) is 4. The second-order valence-corrected chi connectivity index (χ2v) is 8.90. The molecule has 1 saturated heterocycles. The van der Waals surface area contributed by atoms with E-state index < -0.39 is 25.9 Å². The zero-order chi connectivity index (χ0) is 15.7. The van der Waals surface area contributed by atoms with E-state index in [1.165, 1.54) is 32.9 Å². The Bertz CT molecular complexity index is 693. The van der Waals surface area contributed by atoms with E-state index in [0.29, 0.717) is 5.56 Å². The first-order chi connectivity index (χ1) is 9.68. The van der Waals surface area contributed by atoms with Gasteiger partial charge in [-0.1, -0.05) is 12.1 Å². The topological polar surface area (TPSA) is 74.8 Å². The molecular weight excluding hydrogens is 319 g/mol. The molecule has 21 heavy (non-hydrogen) atoms. The molecular formula is C12H17FN2O4S2. The maximum atomic E-state index is 12.8. The van der Waals surface area contributed by atoms with Crippen LogP contribution in [-0.2, 0) is 25.8 Å². The van der Waals surface area contributed by atoms with Crippen molar-refractivity contribution in [3.8, 4) is 0 Å². The van der Waals surface area contributed by atoms with Crippen molar-refractivity contribution in [1.29, 1.82) is 0 Å². The molecule has 0 aromatic heterocycles. The highest BCUT2D eigenvalue weighted by molar-refractivity contribution is 7.88. The van der Waals surface area contributed by atoms with Gasteiger partial charge in [0.1, 0.15) is 5.82 Å². The van der Waals surface area contributed by atoms with Crippen LogP contribution in [0.3, 0.4) is 0 Å². The van der Waals surface area contributed by atoms with Gasteiger partial charge in [0, 0.05) is 26.2 Å². The van der Waals surface area contributed by atoms with Crippen molar-refractivity contribution in [2.75, 3.05) is 32.4 Å². The van der Waals surface area contributed by atoms with E-state index in [-0.39, 0.29) is 31.9 Å². The molecule has 0 radical (unpaired) electrons. The molecule has 1 aromatic carbocycles. The van der Waals surface area contributed by atoms with E-state index in [1.807, 2.05) is 0 Å². The van der Waals surface area contributed by atoms with Gasteiger partial charge in [0.05, 0.1) is 12.0 Å². The summed E-state index contributed by atoms with van der Waals surface area (Å²) in [7, 11) is -6.82. The van der Waals surface area contributed by atoms with Crippen LogP contribution in [0.15, 0.2) is 24.3 Å². The van der Waals surface area contributed by atoms with Crippen LogP contribution >= 0.6 is 0 Å². The van der Waals surface area contributed by atoms with Crippen LogP contribution in [0.5, 0.6) is 0 Å². The third-order valence-corrected chi connectivity index (χ3v) is 6.48. The van der Waals surface area contributed by atoms with E-state index in [2.05, 4.69) is 0 Å². The summed E-state index contributed by atoms with van der Waals surface area (Å²) < 4.78 is 62.6. The number of piperazine rings is 1. The highest BCUT2D eigenvalue weighted by Crippen LogP contribution is 2.15. The van der Waals surface area contributed by atoms with E-state index in [0.717, 1.165) is 6.26 Å². The van der Waals surface area contributed by atoms with Gasteiger partial charge in [0.2, 0.25) is 20.0 Å². The quantitative estimate of drug-likeness (QED) is 0.789. The number of halogens is 1. The molecule has 1 aliphatic heterocycles. The van der Waals surface area contributed by atoms with Crippen LogP contribution < -0.4 is 0 Å². The lowest BCUT2D eigenvalue weighted by molar-refractivity contribution is 0.274. The molecule has 0 atom stereocenters. The number of rotatable bonds is 4. The molecule has 1 aliphatic rings. The molecule has 0 aliphatic carbocycles. The highest BCUT2D eigenvalue weighted by Gasteiger charge is 2.30. The average molecular weight is 336 g/mol. The fraction of sp³-hybridized carbons (Fsp3) is 0.500. The molecule has 1 heterocycles. The summed E-state index contributed by atoms with van der Waals surface area (Å²) in [5.74, 6) is -0.635. The van der Waals surface area contributed by atoms with Crippen molar-refractivity contribution in [2.24, 2.45) is 0 Å². The lowest BCUT2D eigenvalue weighted by atomic mass is 10.2. The predicted octanol–water partition coefficient (Wildman–Crippen LogP) is 0.233. The Labute approximate surface area is 124 Å². The van der Waals surface area contributed by atoms with E-state index >= 15 is 0 Å². The summed E-state index contributed by atoms with van der Waals surface area (Å²) in [6.45, 7) is 0.580. The number of benzene rings is 1. The first kappa shape index (κ1) is 16.3. The maximum absolute atomic E-state index is 12.8. The Morgan fingerprint density at radius 3 is 1.90 bits per heavy atom. The molecule has 1 aromatic rings. The number of nitrogens with zero attached hydrogens (tertiary/aromatic N) is 2. The Kier molecular flexibility index (Phi) is 4.66. The summed E-state index contributed by atoms with van der Waals surface area (Å²) >= 11 is 0. The predicted molar refractivity (Wildman–Crippen MR) is 77.0 cm³/mol. The van der Waals surface area contributed by atoms with Gasteiger partial charge in [-0.05, 0) is 17.7 Å². The van der Waals surface area contributed by atoms with Crippen molar-refractivity contribution in [1.82, 2.24) is 8.61 Å². The average Bonchev–Trinajstić information content (AvgIpc) is 2.40. The van der Waals surface area contributed by atoms with Gasteiger partial charge in [-0.3, -0.25) is 0 Å². The molecule has 0 spiro atoms. The first-order valence-corrected chi connectivity index (χ1v) is 9.82. The highest BCUT2D eigenvalue weighted by atomic mass is 32.2. The van der Waals surface area contributed by atoms with Gasteiger partial charge in [-0.25, -0.2) is 21.2 Å². The molecule has 118 valence electrons. The molecule has 1 fully saturated rings. The van der Waals surface area contributed by atoms with Crippen LogP contribution in [0.25, 0.3) is 0 Å². The van der Waals surface area contributed by atoms with Crippen LogP contribution in [0.1, 0.15) is 5.56 Å². The zero-order valence-electron chi connectivity index (χ0n) is 11.6. The van der Waals surface area contributed by atoms with Crippen LogP contribution in [0.2, 0.25) is 0 Å². The molecule has 0 unspecified atom stereocenters. The number of sulfonamides is 2. The number of hydrogen-bond donors (Lipinski definition) is 0. The fourth-order valence-electron chi connectivity index (χ4n) is 2.16. The van der Waals surface area contributed by atoms with Crippen molar-refractivity contribution >= 4 is 20.0 Å². The first-order valence-electron chi connectivity index (χ1n) is 6.36. The summed E-state index contributed by atoms with van der Waals surface area (Å²) in [5, 5.41) is 0. The molecule has 0 bridgehead atoms. The lowest BCUT2D eigenvalue weighted by Crippen LogP contribution is -2.50. The molecule has 6 nitrogen and oxygen atoms in total. The molecule has 0 N–H and O–H groups in total. The van der Waals surface area contributed by atoms with Crippen LogP contribution in [0, 0.1) is 5.82 Å². The van der Waals surface area contributed by atoms with Crippen molar-refractivity contribution in [3.05, 3.63) is 35.6 Å². The normalized spacial score (nSPS) is 18.8. The van der Waals surface area contributed by atoms with Crippen molar-refractivity contribution in [3.63, 3.8) is 0 Å². The molecule has 2 rings (SSSR count). The zero-order valence-corrected chi connectivity index (χ0v) is 13.2. The van der Waals surface area contributed by atoms with Gasteiger partial charge in [0.15, 0.2) is 0 Å². The smallest absolute Gasteiger partial charge is 0.213 e. The van der Waals surface area contributed by atoms with Gasteiger partial charge >= 0.3 is 0 Å². The van der Waals surface area contributed by atoms with Gasteiger partial charge in [-0.2, -0.15) is 8.61 Å². The van der Waals surface area contributed by atoms with E-state index in [9.17, 15) is 21.2 Å². The Morgan fingerprint density at radius 2 is 1.43 bits per heavy atom. The fourth-order valence-corrected chi connectivity index (χ4v) is 4.50. The summed E-state index contributed by atoms with van der Waals surface area (Å²) in [6.07, 6.45) is 1.11. The minimum Gasteiger partial charge on any atom is -0.213 e. The molecule has 9 heteroatoms. The Hall–Kier alpha value is -1.03. The third kappa shape index (κ3) is 4.22. The maximum Gasteiger partial charge on any atom is 0.218 e. The van der Waals surface area contributed by atoms with Crippen LogP contribution in [0.4, 0.5) is 4.39 Å². The standard InChI is InChI=1S/C12H17FN2O4S2/c1-20(16,17)14-6-8-15(9-7-14)21(18,19)10-11-2-4-12(13)5-3-11/h2-5H,6-10H2,1H3. The molecule has 0 amide bonds. The summed E-state index contributed by atoms with van der Waals surface area (Å²) in [5.41, 5.74) is 0.502. The SMILES string of the molecule is CS(=O)(=O)N1CCN(S(=O)(=O)Cc2ccc(F)cc2)CC1. The van der Waals surface area contributed by atoms with Gasteiger partial charge in [0.25, 0.3) is 0 Å². The monoisotopic (exact) mass is 336 g/mol. The van der Waals surface area contributed by atoms with Gasteiger partial charge < -0.3 is 0 Å². The van der Waals surface area contributed by atoms with E-state index in [4.69, 9.17) is 0 Å². The second-order valence-electron chi connectivity index (χ2n) is 4.94.